The van der Waals surface area contributed by atoms with Crippen molar-refractivity contribution in [2.75, 3.05) is 12.4 Å². The molecule has 108 valence electrons. The van der Waals surface area contributed by atoms with E-state index in [-0.39, 0.29) is 0 Å². The smallest absolute Gasteiger partial charge is 0.0860 e. The fraction of sp³-hybridized carbons (Fsp3) is 0.400. The number of halogens is 2. The third-order valence-electron chi connectivity index (χ3n) is 3.28. The Bertz CT molecular complexity index is 552. The number of benzene rings is 1. The maximum Gasteiger partial charge on any atom is 0.0860 e. The van der Waals surface area contributed by atoms with Crippen molar-refractivity contribution < 1.29 is 0 Å². The average molecular weight is 312 g/mol. The quantitative estimate of drug-likeness (QED) is 0.760. The van der Waals surface area contributed by atoms with Crippen molar-refractivity contribution in [2.24, 2.45) is 7.05 Å². The highest BCUT2D eigenvalue weighted by Gasteiger charge is 2.15. The molecule has 0 atom stereocenters. The second-order valence-electron chi connectivity index (χ2n) is 4.85. The number of aromatic nitrogens is 2. The fourth-order valence-electron chi connectivity index (χ4n) is 2.24. The van der Waals surface area contributed by atoms with E-state index in [9.17, 15) is 0 Å². The van der Waals surface area contributed by atoms with Crippen molar-refractivity contribution in [1.82, 2.24) is 14.7 Å². The third-order valence-corrected chi connectivity index (χ3v) is 3.95. The molecule has 0 aliphatic heterocycles. The predicted octanol–water partition coefficient (Wildman–Crippen LogP) is 3.62. The fourth-order valence-corrected chi connectivity index (χ4v) is 2.70. The molecule has 0 saturated heterocycles. The highest BCUT2D eigenvalue weighted by Crippen LogP contribution is 2.21. The van der Waals surface area contributed by atoms with Gasteiger partial charge in [0.25, 0.3) is 0 Å². The minimum absolute atomic E-state index is 0.598. The van der Waals surface area contributed by atoms with Gasteiger partial charge in [-0.1, -0.05) is 41.9 Å². The van der Waals surface area contributed by atoms with Crippen molar-refractivity contribution in [2.45, 2.75) is 20.0 Å². The Hall–Kier alpha value is -1.03. The van der Waals surface area contributed by atoms with E-state index in [0.717, 1.165) is 36.0 Å². The Labute approximate surface area is 130 Å². The summed E-state index contributed by atoms with van der Waals surface area (Å²) in [7, 11) is 1.93. The molecule has 0 amide bonds. The number of nitrogens with zero attached hydrogens (tertiary/aromatic N) is 3. The van der Waals surface area contributed by atoms with Crippen molar-refractivity contribution in [1.29, 1.82) is 0 Å². The van der Waals surface area contributed by atoms with Crippen LogP contribution in [-0.4, -0.2) is 27.1 Å². The molecule has 0 radical (unpaired) electrons. The second kappa shape index (κ2) is 7.11. The Morgan fingerprint density at radius 2 is 1.90 bits per heavy atom. The van der Waals surface area contributed by atoms with Gasteiger partial charge >= 0.3 is 0 Å². The molecule has 0 spiro atoms. The molecule has 0 unspecified atom stereocenters. The lowest BCUT2D eigenvalue weighted by molar-refractivity contribution is 0.265. The van der Waals surface area contributed by atoms with Crippen LogP contribution in [-0.2, 0) is 20.1 Å². The van der Waals surface area contributed by atoms with Gasteiger partial charge in [-0.15, -0.1) is 11.6 Å². The lowest BCUT2D eigenvalue weighted by Gasteiger charge is -2.21. The van der Waals surface area contributed by atoms with Gasteiger partial charge in [-0.2, -0.15) is 5.10 Å². The SMILES string of the molecule is Cc1nn(C)c(CN(CCCl)Cc2ccccc2)c1Cl. The molecule has 1 heterocycles. The first-order chi connectivity index (χ1) is 9.61. The Morgan fingerprint density at radius 1 is 1.20 bits per heavy atom. The van der Waals surface area contributed by atoms with Gasteiger partial charge in [0.1, 0.15) is 0 Å². The summed E-state index contributed by atoms with van der Waals surface area (Å²) in [6, 6.07) is 10.4. The number of rotatable bonds is 6. The molecular weight excluding hydrogens is 293 g/mol. The zero-order valence-corrected chi connectivity index (χ0v) is 13.3. The summed E-state index contributed by atoms with van der Waals surface area (Å²) in [5.41, 5.74) is 3.17. The van der Waals surface area contributed by atoms with Crippen LogP contribution in [0.4, 0.5) is 0 Å². The summed E-state index contributed by atoms with van der Waals surface area (Å²) in [4.78, 5) is 2.28. The van der Waals surface area contributed by atoms with Gasteiger partial charge in [0.15, 0.2) is 0 Å². The first-order valence-electron chi connectivity index (χ1n) is 6.62. The lowest BCUT2D eigenvalue weighted by Crippen LogP contribution is -2.26. The zero-order chi connectivity index (χ0) is 14.5. The molecule has 0 aliphatic rings. The second-order valence-corrected chi connectivity index (χ2v) is 5.61. The molecular formula is C15H19Cl2N3. The van der Waals surface area contributed by atoms with E-state index >= 15 is 0 Å². The molecule has 2 rings (SSSR count). The number of aryl methyl sites for hydroxylation is 2. The van der Waals surface area contributed by atoms with Crippen molar-refractivity contribution >= 4 is 23.2 Å². The molecule has 20 heavy (non-hydrogen) atoms. The summed E-state index contributed by atoms with van der Waals surface area (Å²) < 4.78 is 1.85. The van der Waals surface area contributed by atoms with Crippen molar-refractivity contribution in [3.05, 3.63) is 52.3 Å². The summed E-state index contributed by atoms with van der Waals surface area (Å²) in [6.45, 7) is 4.35. The lowest BCUT2D eigenvalue weighted by atomic mass is 10.2. The van der Waals surface area contributed by atoms with Gasteiger partial charge < -0.3 is 0 Å². The molecule has 5 heteroatoms. The highest BCUT2D eigenvalue weighted by molar-refractivity contribution is 6.31. The van der Waals surface area contributed by atoms with Gasteiger partial charge in [-0.25, -0.2) is 0 Å². The average Bonchev–Trinajstić information content (AvgIpc) is 2.67. The summed E-state index contributed by atoms with van der Waals surface area (Å²) in [5, 5.41) is 5.11. The van der Waals surface area contributed by atoms with Gasteiger partial charge in [-0.3, -0.25) is 9.58 Å². The van der Waals surface area contributed by atoms with E-state index in [0.29, 0.717) is 5.88 Å². The largest absolute Gasteiger partial charge is 0.292 e. The van der Waals surface area contributed by atoms with E-state index in [4.69, 9.17) is 23.2 Å². The van der Waals surface area contributed by atoms with E-state index < -0.39 is 0 Å². The van der Waals surface area contributed by atoms with Crippen LogP contribution in [0, 0.1) is 6.92 Å². The topological polar surface area (TPSA) is 21.1 Å². The molecule has 2 aromatic rings. The van der Waals surface area contributed by atoms with Gasteiger partial charge in [0.05, 0.1) is 16.4 Å². The maximum atomic E-state index is 6.32. The minimum Gasteiger partial charge on any atom is -0.292 e. The van der Waals surface area contributed by atoms with Crippen LogP contribution in [0.5, 0.6) is 0 Å². The van der Waals surface area contributed by atoms with Crippen LogP contribution < -0.4 is 0 Å². The first kappa shape index (κ1) is 15.4. The summed E-state index contributed by atoms with van der Waals surface area (Å²) >= 11 is 12.2. The predicted molar refractivity (Wildman–Crippen MR) is 84.2 cm³/mol. The van der Waals surface area contributed by atoms with E-state index in [1.165, 1.54) is 5.56 Å². The molecule has 0 aliphatic carbocycles. The first-order valence-corrected chi connectivity index (χ1v) is 7.53. The molecule has 0 saturated carbocycles. The van der Waals surface area contributed by atoms with Gasteiger partial charge in [0, 0.05) is 32.6 Å². The molecule has 0 bridgehead atoms. The Balaban J connectivity index is 2.13. The van der Waals surface area contributed by atoms with E-state index in [1.54, 1.807) is 0 Å². The third kappa shape index (κ3) is 3.75. The summed E-state index contributed by atoms with van der Waals surface area (Å²) in [6.07, 6.45) is 0. The number of hydrogen-bond acceptors (Lipinski definition) is 2. The van der Waals surface area contributed by atoms with Crippen LogP contribution in [0.25, 0.3) is 0 Å². The van der Waals surface area contributed by atoms with Crippen LogP contribution in [0.2, 0.25) is 5.02 Å². The van der Waals surface area contributed by atoms with Crippen LogP contribution in [0.1, 0.15) is 17.0 Å². The van der Waals surface area contributed by atoms with E-state index in [2.05, 4.69) is 34.3 Å². The Kier molecular flexibility index (Phi) is 5.46. The zero-order valence-electron chi connectivity index (χ0n) is 11.8. The normalized spacial score (nSPS) is 11.2. The molecule has 1 aromatic carbocycles. The monoisotopic (exact) mass is 311 g/mol. The van der Waals surface area contributed by atoms with Gasteiger partial charge in [-0.05, 0) is 12.5 Å². The Morgan fingerprint density at radius 3 is 2.45 bits per heavy atom. The van der Waals surface area contributed by atoms with Crippen molar-refractivity contribution in [3.8, 4) is 0 Å². The highest BCUT2D eigenvalue weighted by atomic mass is 35.5. The number of hydrogen-bond donors (Lipinski definition) is 0. The summed E-state index contributed by atoms with van der Waals surface area (Å²) in [5.74, 6) is 0.598. The molecule has 1 aromatic heterocycles. The molecule has 0 fully saturated rings. The van der Waals surface area contributed by atoms with Crippen LogP contribution in [0.3, 0.4) is 0 Å². The molecule has 0 N–H and O–H groups in total. The number of alkyl halides is 1. The van der Waals surface area contributed by atoms with Gasteiger partial charge in [0.2, 0.25) is 0 Å². The van der Waals surface area contributed by atoms with E-state index in [1.807, 2.05) is 24.7 Å². The standard InChI is InChI=1S/C15H19Cl2N3/c1-12-15(17)14(19(2)18-12)11-20(9-8-16)10-13-6-4-3-5-7-13/h3-7H,8-11H2,1-2H3. The van der Waals surface area contributed by atoms with Crippen LogP contribution in [0.15, 0.2) is 30.3 Å². The maximum absolute atomic E-state index is 6.32. The minimum atomic E-state index is 0.598. The molecule has 3 nitrogen and oxygen atoms in total. The van der Waals surface area contributed by atoms with Crippen LogP contribution >= 0.6 is 23.2 Å². The van der Waals surface area contributed by atoms with Crippen molar-refractivity contribution in [3.63, 3.8) is 0 Å².